The van der Waals surface area contributed by atoms with E-state index in [2.05, 4.69) is 36.6 Å². The van der Waals surface area contributed by atoms with Crippen LogP contribution in [0.1, 0.15) is 16.7 Å². The van der Waals surface area contributed by atoms with Gasteiger partial charge in [0, 0.05) is 12.2 Å². The van der Waals surface area contributed by atoms with Crippen LogP contribution in [0.2, 0.25) is 0 Å². The predicted molar refractivity (Wildman–Crippen MR) is 105 cm³/mol. The summed E-state index contributed by atoms with van der Waals surface area (Å²) in [7, 11) is 4.78. The summed E-state index contributed by atoms with van der Waals surface area (Å²) in [5.74, 6) is 1.81. The van der Waals surface area contributed by atoms with Gasteiger partial charge in [-0.25, -0.2) is 0 Å². The van der Waals surface area contributed by atoms with E-state index in [4.69, 9.17) is 26.4 Å². The Morgan fingerprint density at radius 2 is 1.60 bits per heavy atom. The Kier molecular flexibility index (Phi) is 6.47. The van der Waals surface area contributed by atoms with Gasteiger partial charge < -0.3 is 24.8 Å². The molecule has 0 heterocycles. The van der Waals surface area contributed by atoms with Gasteiger partial charge in [0.25, 0.3) is 0 Å². The van der Waals surface area contributed by atoms with Crippen LogP contribution in [0.4, 0.5) is 5.69 Å². The summed E-state index contributed by atoms with van der Waals surface area (Å²) < 4.78 is 16.1. The van der Waals surface area contributed by atoms with E-state index in [1.165, 1.54) is 5.56 Å². The van der Waals surface area contributed by atoms with E-state index < -0.39 is 0 Å². The molecule has 0 aliphatic heterocycles. The van der Waals surface area contributed by atoms with E-state index in [1.807, 2.05) is 18.2 Å². The van der Waals surface area contributed by atoms with E-state index >= 15 is 0 Å². The van der Waals surface area contributed by atoms with Gasteiger partial charge >= 0.3 is 0 Å². The highest BCUT2D eigenvalue weighted by molar-refractivity contribution is 7.80. The minimum atomic E-state index is 0.535. The summed E-state index contributed by atoms with van der Waals surface area (Å²) in [6.45, 7) is 4.66. The molecule has 2 N–H and O–H groups in total. The number of methoxy groups -OCH3 is 3. The molecule has 0 amide bonds. The second kappa shape index (κ2) is 8.58. The maximum absolute atomic E-state index is 5.39. The van der Waals surface area contributed by atoms with Crippen molar-refractivity contribution in [2.75, 3.05) is 26.6 Å². The summed E-state index contributed by atoms with van der Waals surface area (Å²) in [4.78, 5) is 0. The van der Waals surface area contributed by atoms with Gasteiger partial charge in [-0.3, -0.25) is 0 Å². The maximum Gasteiger partial charge on any atom is 0.203 e. The Balaban J connectivity index is 2.06. The lowest BCUT2D eigenvalue weighted by molar-refractivity contribution is 0.323. The lowest BCUT2D eigenvalue weighted by atomic mass is 10.1. The first-order valence-electron chi connectivity index (χ1n) is 7.89. The lowest BCUT2D eigenvalue weighted by Crippen LogP contribution is -2.28. The number of hydrogen-bond donors (Lipinski definition) is 2. The molecule has 6 heteroatoms. The summed E-state index contributed by atoms with van der Waals surface area (Å²) in [5, 5.41) is 6.97. The molecule has 0 spiro atoms. The SMILES string of the molecule is COc1cc(CNC(=S)Nc2ccc(C)cc2C)cc(OC)c1OC. The molecular weight excluding hydrogens is 336 g/mol. The highest BCUT2D eigenvalue weighted by Gasteiger charge is 2.13. The van der Waals surface area contributed by atoms with E-state index in [9.17, 15) is 0 Å². The molecule has 0 saturated heterocycles. The fourth-order valence-electron chi connectivity index (χ4n) is 2.54. The van der Waals surface area contributed by atoms with E-state index in [0.29, 0.717) is 28.9 Å². The first kappa shape index (κ1) is 18.9. The summed E-state index contributed by atoms with van der Waals surface area (Å²) in [6.07, 6.45) is 0. The van der Waals surface area contributed by atoms with Crippen molar-refractivity contribution in [1.82, 2.24) is 5.32 Å². The Labute approximate surface area is 154 Å². The average Bonchev–Trinajstić information content (AvgIpc) is 2.61. The minimum absolute atomic E-state index is 0.535. The summed E-state index contributed by atoms with van der Waals surface area (Å²) in [6, 6.07) is 9.99. The highest BCUT2D eigenvalue weighted by atomic mass is 32.1. The normalized spacial score (nSPS) is 10.1. The van der Waals surface area contributed by atoms with Crippen molar-refractivity contribution in [2.45, 2.75) is 20.4 Å². The lowest BCUT2D eigenvalue weighted by Gasteiger charge is -2.16. The minimum Gasteiger partial charge on any atom is -0.493 e. The maximum atomic E-state index is 5.39. The fraction of sp³-hybridized carbons (Fsp3) is 0.316. The second-order valence-electron chi connectivity index (χ2n) is 5.66. The standard InChI is InChI=1S/C19H24N2O3S/c1-12-6-7-15(13(2)8-12)21-19(25)20-11-14-9-16(22-3)18(24-5)17(10-14)23-4/h6-10H,11H2,1-5H3,(H2,20,21,25). The molecule has 0 saturated carbocycles. The zero-order valence-corrected chi connectivity index (χ0v) is 16.0. The van der Waals surface area contributed by atoms with Gasteiger partial charge in [0.05, 0.1) is 21.3 Å². The quantitative estimate of drug-likeness (QED) is 0.764. The van der Waals surface area contributed by atoms with E-state index in [-0.39, 0.29) is 0 Å². The fourth-order valence-corrected chi connectivity index (χ4v) is 2.72. The van der Waals surface area contributed by atoms with Crippen molar-refractivity contribution >= 4 is 23.0 Å². The Hall–Kier alpha value is -2.47. The number of nitrogens with one attached hydrogen (secondary N) is 2. The number of rotatable bonds is 6. The monoisotopic (exact) mass is 360 g/mol. The third-order valence-corrected chi connectivity index (χ3v) is 4.05. The number of benzene rings is 2. The van der Waals surface area contributed by atoms with Crippen LogP contribution < -0.4 is 24.8 Å². The Bertz CT molecular complexity index is 737. The molecule has 134 valence electrons. The highest BCUT2D eigenvalue weighted by Crippen LogP contribution is 2.38. The molecule has 0 atom stereocenters. The Morgan fingerprint density at radius 3 is 2.12 bits per heavy atom. The number of aryl methyl sites for hydroxylation is 2. The van der Waals surface area contributed by atoms with Gasteiger partial charge in [-0.05, 0) is 55.4 Å². The molecule has 0 bridgehead atoms. The molecule has 0 aliphatic carbocycles. The van der Waals surface area contributed by atoms with Gasteiger partial charge in [0.15, 0.2) is 16.6 Å². The van der Waals surface area contributed by atoms with Crippen molar-refractivity contribution in [3.05, 3.63) is 47.0 Å². The molecule has 2 rings (SSSR count). The van der Waals surface area contributed by atoms with Gasteiger partial charge in [0.2, 0.25) is 5.75 Å². The molecule has 2 aromatic carbocycles. The van der Waals surface area contributed by atoms with Crippen LogP contribution in [0.3, 0.4) is 0 Å². The first-order valence-corrected chi connectivity index (χ1v) is 8.30. The van der Waals surface area contributed by atoms with Gasteiger partial charge in [0.1, 0.15) is 0 Å². The first-order chi connectivity index (χ1) is 12.0. The predicted octanol–water partition coefficient (Wildman–Crippen LogP) is 3.82. The molecule has 2 aromatic rings. The average molecular weight is 360 g/mol. The molecule has 25 heavy (non-hydrogen) atoms. The van der Waals surface area contributed by atoms with Crippen LogP contribution in [0.25, 0.3) is 0 Å². The third-order valence-electron chi connectivity index (χ3n) is 3.81. The summed E-state index contributed by atoms with van der Waals surface area (Å²) >= 11 is 5.39. The van der Waals surface area contributed by atoms with Crippen molar-refractivity contribution in [1.29, 1.82) is 0 Å². The van der Waals surface area contributed by atoms with Gasteiger partial charge in [-0.15, -0.1) is 0 Å². The van der Waals surface area contributed by atoms with Crippen molar-refractivity contribution in [3.8, 4) is 17.2 Å². The molecule has 0 fully saturated rings. The molecule has 0 aromatic heterocycles. The molecule has 0 aliphatic rings. The summed E-state index contributed by atoms with van der Waals surface area (Å²) in [5.41, 5.74) is 4.34. The van der Waals surface area contributed by atoms with Gasteiger partial charge in [-0.2, -0.15) is 0 Å². The third kappa shape index (κ3) is 4.76. The largest absolute Gasteiger partial charge is 0.493 e. The van der Waals surface area contributed by atoms with Crippen LogP contribution in [0, 0.1) is 13.8 Å². The number of thiocarbonyl (C=S) groups is 1. The number of ether oxygens (including phenoxy) is 3. The van der Waals surface area contributed by atoms with Crippen LogP contribution in [-0.2, 0) is 6.54 Å². The number of anilines is 1. The van der Waals surface area contributed by atoms with Crippen LogP contribution in [0.5, 0.6) is 17.2 Å². The smallest absolute Gasteiger partial charge is 0.203 e. The molecule has 0 unspecified atom stereocenters. The van der Waals surface area contributed by atoms with E-state index in [0.717, 1.165) is 16.8 Å². The van der Waals surface area contributed by atoms with Crippen molar-refractivity contribution in [2.24, 2.45) is 0 Å². The van der Waals surface area contributed by atoms with Crippen molar-refractivity contribution < 1.29 is 14.2 Å². The second-order valence-corrected chi connectivity index (χ2v) is 6.07. The zero-order valence-electron chi connectivity index (χ0n) is 15.2. The number of hydrogen-bond acceptors (Lipinski definition) is 4. The van der Waals surface area contributed by atoms with Crippen LogP contribution in [-0.4, -0.2) is 26.4 Å². The molecule has 5 nitrogen and oxygen atoms in total. The van der Waals surface area contributed by atoms with Gasteiger partial charge in [-0.1, -0.05) is 17.7 Å². The zero-order chi connectivity index (χ0) is 18.4. The van der Waals surface area contributed by atoms with Crippen LogP contribution in [0.15, 0.2) is 30.3 Å². The molecular formula is C19H24N2O3S. The van der Waals surface area contributed by atoms with Crippen molar-refractivity contribution in [3.63, 3.8) is 0 Å². The Morgan fingerprint density at radius 1 is 0.960 bits per heavy atom. The topological polar surface area (TPSA) is 51.8 Å². The molecule has 0 radical (unpaired) electrons. The van der Waals surface area contributed by atoms with Crippen LogP contribution >= 0.6 is 12.2 Å². The van der Waals surface area contributed by atoms with E-state index in [1.54, 1.807) is 21.3 Å².